The maximum Gasteiger partial charge on any atom is 0.269 e. The van der Waals surface area contributed by atoms with Crippen LogP contribution in [0.2, 0.25) is 5.02 Å². The van der Waals surface area contributed by atoms with Crippen LogP contribution in [-0.4, -0.2) is 31.7 Å². The van der Waals surface area contributed by atoms with E-state index in [0.717, 1.165) is 37.8 Å². The summed E-state index contributed by atoms with van der Waals surface area (Å²) in [6.07, 6.45) is 3.35. The molecule has 2 N–H and O–H groups in total. The minimum absolute atomic E-state index is 0.0320. The normalized spacial score (nSPS) is 15.5. The maximum atomic E-state index is 13.7. The molecule has 0 aliphatic carbocycles. The minimum Gasteiger partial charge on any atom is -0.295 e. The number of halogens is 4. The second-order valence-corrected chi connectivity index (χ2v) is 9.08. The molecular formula is C19H19ClF3N3O3S. The van der Waals surface area contributed by atoms with E-state index in [0.29, 0.717) is 19.2 Å². The molecule has 0 bridgehead atoms. The van der Waals surface area contributed by atoms with Crippen LogP contribution in [0.15, 0.2) is 35.2 Å². The van der Waals surface area contributed by atoms with Gasteiger partial charge in [-0.15, -0.1) is 0 Å². The van der Waals surface area contributed by atoms with Crippen LogP contribution in [0.1, 0.15) is 36.0 Å². The van der Waals surface area contributed by atoms with Gasteiger partial charge in [0.1, 0.15) is 4.90 Å². The zero-order chi connectivity index (χ0) is 21.9. The van der Waals surface area contributed by atoms with Gasteiger partial charge in [0.2, 0.25) is 10.0 Å². The summed E-state index contributed by atoms with van der Waals surface area (Å²) in [4.78, 5) is 12.2. The second-order valence-electron chi connectivity index (χ2n) is 6.77. The summed E-state index contributed by atoms with van der Waals surface area (Å²) in [7, 11) is -3.91. The van der Waals surface area contributed by atoms with Gasteiger partial charge in [-0.3, -0.25) is 15.6 Å². The summed E-state index contributed by atoms with van der Waals surface area (Å²) >= 11 is 6.09. The molecule has 1 amide bonds. The number of carbonyl (C=O) groups is 1. The fourth-order valence-electron chi connectivity index (χ4n) is 3.08. The summed E-state index contributed by atoms with van der Waals surface area (Å²) in [5, 5.41) is -0.0320. The Balaban J connectivity index is 1.80. The number of hydrazine groups is 1. The Hall–Kier alpha value is -2.30. The molecule has 11 heteroatoms. The van der Waals surface area contributed by atoms with Gasteiger partial charge in [-0.25, -0.2) is 21.6 Å². The van der Waals surface area contributed by atoms with Gasteiger partial charge in [0, 0.05) is 18.7 Å². The Morgan fingerprint density at radius 2 is 1.63 bits per heavy atom. The summed E-state index contributed by atoms with van der Waals surface area (Å²) in [6, 6.07) is 5.30. The zero-order valence-electron chi connectivity index (χ0n) is 15.7. The number of carbonyl (C=O) groups excluding carboxylic acids is 1. The van der Waals surface area contributed by atoms with E-state index in [9.17, 15) is 26.4 Å². The SMILES string of the molecule is O=C(NNc1ccc(F)c(F)c1F)c1ccc(Cl)c(S(=O)(=O)N2CCCCCC2)c1. The van der Waals surface area contributed by atoms with Gasteiger partial charge < -0.3 is 0 Å². The lowest BCUT2D eigenvalue weighted by molar-refractivity contribution is 0.0962. The predicted molar refractivity (Wildman–Crippen MR) is 106 cm³/mol. The smallest absolute Gasteiger partial charge is 0.269 e. The number of hydrogen-bond donors (Lipinski definition) is 2. The molecule has 0 unspecified atom stereocenters. The van der Waals surface area contributed by atoms with E-state index in [-0.39, 0.29) is 15.5 Å². The highest BCUT2D eigenvalue weighted by molar-refractivity contribution is 7.89. The van der Waals surface area contributed by atoms with Crippen molar-refractivity contribution in [3.63, 3.8) is 0 Å². The van der Waals surface area contributed by atoms with Gasteiger partial charge in [0.25, 0.3) is 5.91 Å². The molecule has 3 rings (SSSR count). The van der Waals surface area contributed by atoms with Gasteiger partial charge >= 0.3 is 0 Å². The summed E-state index contributed by atoms with van der Waals surface area (Å²) in [5.41, 5.74) is 3.71. The van der Waals surface area contributed by atoms with Crippen molar-refractivity contribution in [1.29, 1.82) is 0 Å². The van der Waals surface area contributed by atoms with Crippen molar-refractivity contribution < 1.29 is 26.4 Å². The van der Waals surface area contributed by atoms with E-state index in [4.69, 9.17) is 11.6 Å². The molecule has 1 heterocycles. The zero-order valence-corrected chi connectivity index (χ0v) is 17.3. The molecule has 0 saturated carbocycles. The molecule has 2 aromatic carbocycles. The Morgan fingerprint density at radius 3 is 2.30 bits per heavy atom. The van der Waals surface area contributed by atoms with E-state index in [2.05, 4.69) is 10.9 Å². The molecule has 1 aliphatic rings. The Labute approximate surface area is 177 Å². The number of nitrogens with zero attached hydrogens (tertiary/aromatic N) is 1. The van der Waals surface area contributed by atoms with Crippen LogP contribution in [0.3, 0.4) is 0 Å². The number of amides is 1. The Morgan fingerprint density at radius 1 is 0.967 bits per heavy atom. The van der Waals surface area contributed by atoms with Gasteiger partial charge in [0.05, 0.1) is 10.7 Å². The van der Waals surface area contributed by atoms with Crippen molar-refractivity contribution in [2.24, 2.45) is 0 Å². The molecule has 1 fully saturated rings. The maximum absolute atomic E-state index is 13.7. The molecule has 0 aromatic heterocycles. The standard InChI is InChI=1S/C19H19ClF3N3O3S/c20-13-6-5-12(11-16(13)30(28,29)26-9-3-1-2-4-10-26)19(27)25-24-15-8-7-14(21)17(22)18(15)23/h5-8,11,24H,1-4,9-10H2,(H,25,27). The Bertz CT molecular complexity index is 1060. The molecule has 162 valence electrons. The second kappa shape index (κ2) is 9.23. The van der Waals surface area contributed by atoms with Crippen LogP contribution in [0.4, 0.5) is 18.9 Å². The summed E-state index contributed by atoms with van der Waals surface area (Å²) in [6.45, 7) is 0.734. The first-order chi connectivity index (χ1) is 14.2. The largest absolute Gasteiger partial charge is 0.295 e. The fraction of sp³-hybridized carbons (Fsp3) is 0.316. The molecule has 2 aromatic rings. The number of benzene rings is 2. The van der Waals surface area contributed by atoms with E-state index < -0.39 is 39.1 Å². The average molecular weight is 462 g/mol. The van der Waals surface area contributed by atoms with Crippen LogP contribution >= 0.6 is 11.6 Å². The van der Waals surface area contributed by atoms with Crippen molar-refractivity contribution in [2.75, 3.05) is 18.5 Å². The molecule has 0 spiro atoms. The van der Waals surface area contributed by atoms with Crippen molar-refractivity contribution >= 4 is 33.2 Å². The van der Waals surface area contributed by atoms with E-state index in [1.54, 1.807) is 0 Å². The van der Waals surface area contributed by atoms with Crippen molar-refractivity contribution in [3.05, 3.63) is 58.4 Å². The summed E-state index contributed by atoms with van der Waals surface area (Å²) < 4.78 is 67.3. The van der Waals surface area contributed by atoms with Crippen LogP contribution in [0.25, 0.3) is 0 Å². The van der Waals surface area contributed by atoms with Crippen LogP contribution in [0, 0.1) is 17.5 Å². The van der Waals surface area contributed by atoms with Gasteiger partial charge in [-0.1, -0.05) is 24.4 Å². The van der Waals surface area contributed by atoms with Crippen molar-refractivity contribution in [1.82, 2.24) is 9.73 Å². The molecule has 0 radical (unpaired) electrons. The highest BCUT2D eigenvalue weighted by Gasteiger charge is 2.28. The van der Waals surface area contributed by atoms with Gasteiger partial charge in [0.15, 0.2) is 17.5 Å². The van der Waals surface area contributed by atoms with Crippen LogP contribution in [-0.2, 0) is 10.0 Å². The molecule has 1 saturated heterocycles. The molecule has 6 nitrogen and oxygen atoms in total. The van der Waals surface area contributed by atoms with Crippen LogP contribution in [0.5, 0.6) is 0 Å². The number of sulfonamides is 1. The lowest BCUT2D eigenvalue weighted by atomic mass is 10.2. The quantitative estimate of drug-likeness (QED) is 0.519. The van der Waals surface area contributed by atoms with Crippen molar-refractivity contribution in [3.8, 4) is 0 Å². The molecule has 1 aliphatic heterocycles. The molecular weight excluding hydrogens is 443 g/mol. The number of nitrogens with one attached hydrogen (secondary N) is 2. The molecule has 30 heavy (non-hydrogen) atoms. The third-order valence-electron chi connectivity index (χ3n) is 4.72. The van der Waals surface area contributed by atoms with Gasteiger partial charge in [-0.2, -0.15) is 4.31 Å². The first-order valence-electron chi connectivity index (χ1n) is 9.21. The van der Waals surface area contributed by atoms with Gasteiger partial charge in [-0.05, 0) is 43.2 Å². The first kappa shape index (κ1) is 22.4. The fourth-order valence-corrected chi connectivity index (χ4v) is 5.10. The topological polar surface area (TPSA) is 78.5 Å². The van der Waals surface area contributed by atoms with Crippen molar-refractivity contribution in [2.45, 2.75) is 30.6 Å². The third kappa shape index (κ3) is 4.71. The molecule has 0 atom stereocenters. The van der Waals surface area contributed by atoms with E-state index in [1.807, 2.05) is 0 Å². The highest BCUT2D eigenvalue weighted by atomic mass is 35.5. The first-order valence-corrected chi connectivity index (χ1v) is 11.0. The van der Waals surface area contributed by atoms with E-state index >= 15 is 0 Å². The monoisotopic (exact) mass is 461 g/mol. The average Bonchev–Trinajstić information content (AvgIpc) is 3.01. The van der Waals surface area contributed by atoms with Crippen LogP contribution < -0.4 is 10.9 Å². The lowest BCUT2D eigenvalue weighted by Gasteiger charge is -2.21. The Kier molecular flexibility index (Phi) is 6.89. The highest BCUT2D eigenvalue weighted by Crippen LogP contribution is 2.28. The number of rotatable bonds is 5. The van der Waals surface area contributed by atoms with E-state index in [1.165, 1.54) is 16.4 Å². The minimum atomic E-state index is -3.91. The lowest BCUT2D eigenvalue weighted by Crippen LogP contribution is -2.33. The number of hydrogen-bond acceptors (Lipinski definition) is 4. The number of anilines is 1. The summed E-state index contributed by atoms with van der Waals surface area (Å²) in [5.74, 6) is -5.38. The predicted octanol–water partition coefficient (Wildman–Crippen LogP) is 4.08. The third-order valence-corrected chi connectivity index (χ3v) is 7.10.